The van der Waals surface area contributed by atoms with E-state index in [1.807, 2.05) is 53.9 Å². The van der Waals surface area contributed by atoms with Crippen LogP contribution in [0.4, 0.5) is 0 Å². The number of thiophene rings is 1. The van der Waals surface area contributed by atoms with Gasteiger partial charge >= 0.3 is 0 Å². The third kappa shape index (κ3) is 3.58. The maximum atomic E-state index is 13.3. The van der Waals surface area contributed by atoms with Crippen LogP contribution in [0.5, 0.6) is 11.5 Å². The minimum Gasteiger partial charge on any atom is -0.493 e. The second-order valence-corrected chi connectivity index (χ2v) is 8.19. The number of para-hydroxylation sites is 2. The van der Waals surface area contributed by atoms with Gasteiger partial charge in [0.2, 0.25) is 0 Å². The van der Waals surface area contributed by atoms with Crippen LogP contribution in [0.15, 0.2) is 71.3 Å². The van der Waals surface area contributed by atoms with Crippen LogP contribution in [0.1, 0.15) is 33.4 Å². The number of ether oxygens (including phenoxy) is 2. The zero-order valence-electron chi connectivity index (χ0n) is 17.6. The van der Waals surface area contributed by atoms with Gasteiger partial charge in [-0.2, -0.15) is 5.10 Å². The Morgan fingerprint density at radius 1 is 1.03 bits per heavy atom. The van der Waals surface area contributed by atoms with E-state index in [1.54, 1.807) is 26.5 Å². The Morgan fingerprint density at radius 2 is 1.84 bits per heavy atom. The van der Waals surface area contributed by atoms with Gasteiger partial charge in [0, 0.05) is 12.0 Å². The highest BCUT2D eigenvalue weighted by Gasteiger charge is 2.35. The first-order valence-electron chi connectivity index (χ1n) is 10.1. The molecule has 3 heterocycles. The number of aromatic nitrogens is 2. The minimum absolute atomic E-state index is 0.157. The number of rotatable bonds is 5. The summed E-state index contributed by atoms with van der Waals surface area (Å²) in [6, 6.07) is 16.6. The lowest BCUT2D eigenvalue weighted by Gasteiger charge is -2.20. The fraction of sp³-hybridized carbons (Fsp3) is 0.167. The van der Waals surface area contributed by atoms with E-state index in [4.69, 9.17) is 19.6 Å². The van der Waals surface area contributed by atoms with Gasteiger partial charge in [0.15, 0.2) is 11.5 Å². The maximum absolute atomic E-state index is 13.3. The summed E-state index contributed by atoms with van der Waals surface area (Å²) in [4.78, 5) is 23.3. The Kier molecular flexibility index (Phi) is 5.28. The fourth-order valence-electron chi connectivity index (χ4n) is 3.76. The summed E-state index contributed by atoms with van der Waals surface area (Å²) in [5.74, 6) is 1.09. The first-order valence-corrected chi connectivity index (χ1v) is 10.9. The van der Waals surface area contributed by atoms with Gasteiger partial charge in [-0.15, -0.1) is 11.3 Å². The Balaban J connectivity index is 1.56. The Labute approximate surface area is 189 Å². The van der Waals surface area contributed by atoms with Crippen LogP contribution in [0.2, 0.25) is 0 Å². The minimum atomic E-state index is -0.357. The summed E-state index contributed by atoms with van der Waals surface area (Å²) in [5, 5.41) is 8.13. The molecule has 0 bridgehead atoms. The molecule has 0 N–H and O–H groups in total. The zero-order valence-corrected chi connectivity index (χ0v) is 18.4. The van der Waals surface area contributed by atoms with Crippen LogP contribution in [-0.2, 0) is 0 Å². The second-order valence-electron chi connectivity index (χ2n) is 7.25. The molecule has 0 saturated carbocycles. The lowest BCUT2D eigenvalue weighted by molar-refractivity contribution is 0.0713. The number of nitrogens with zero attached hydrogens (tertiary/aromatic N) is 4. The SMILES string of the molecule is COc1ccc(C2=NN(C(=O)c3cccs3)[C@@H](c3cnc4ccccc4n3)C2)cc1OC. The highest BCUT2D eigenvalue weighted by atomic mass is 32.1. The number of hydrazone groups is 1. The van der Waals surface area contributed by atoms with Crippen molar-refractivity contribution < 1.29 is 14.3 Å². The van der Waals surface area contributed by atoms with Gasteiger partial charge in [-0.3, -0.25) is 9.78 Å². The normalized spacial score (nSPS) is 15.6. The summed E-state index contributed by atoms with van der Waals surface area (Å²) in [6.45, 7) is 0. The molecule has 0 spiro atoms. The molecule has 1 aliphatic heterocycles. The van der Waals surface area contributed by atoms with Gasteiger partial charge in [0.1, 0.15) is 6.04 Å². The van der Waals surface area contributed by atoms with E-state index in [0.29, 0.717) is 28.5 Å². The first-order chi connectivity index (χ1) is 15.7. The number of amides is 1. The second kappa shape index (κ2) is 8.39. The Morgan fingerprint density at radius 3 is 2.59 bits per heavy atom. The van der Waals surface area contributed by atoms with Crippen LogP contribution in [0.25, 0.3) is 11.0 Å². The van der Waals surface area contributed by atoms with Crippen LogP contribution < -0.4 is 9.47 Å². The van der Waals surface area contributed by atoms with Crippen molar-refractivity contribution in [2.45, 2.75) is 12.5 Å². The van der Waals surface area contributed by atoms with Crippen LogP contribution in [0, 0.1) is 0 Å². The van der Waals surface area contributed by atoms with Crippen LogP contribution in [0.3, 0.4) is 0 Å². The molecule has 1 amide bonds. The molecule has 4 aromatic rings. The molecule has 160 valence electrons. The fourth-order valence-corrected chi connectivity index (χ4v) is 4.42. The molecule has 2 aromatic heterocycles. The maximum Gasteiger partial charge on any atom is 0.284 e. The molecule has 5 rings (SSSR count). The van der Waals surface area contributed by atoms with Crippen molar-refractivity contribution in [2.24, 2.45) is 5.10 Å². The summed E-state index contributed by atoms with van der Waals surface area (Å²) in [5.41, 5.74) is 3.94. The third-order valence-corrected chi connectivity index (χ3v) is 6.23. The van der Waals surface area contributed by atoms with Crippen molar-refractivity contribution in [1.82, 2.24) is 15.0 Å². The van der Waals surface area contributed by atoms with Crippen molar-refractivity contribution in [3.63, 3.8) is 0 Å². The molecule has 0 unspecified atom stereocenters. The zero-order chi connectivity index (χ0) is 22.1. The van der Waals surface area contributed by atoms with E-state index >= 15 is 0 Å². The lowest BCUT2D eigenvalue weighted by Crippen LogP contribution is -2.27. The predicted octanol–water partition coefficient (Wildman–Crippen LogP) is 4.70. The molecule has 8 heteroatoms. The van der Waals surface area contributed by atoms with Crippen molar-refractivity contribution in [2.75, 3.05) is 14.2 Å². The van der Waals surface area contributed by atoms with Gasteiger partial charge in [0.25, 0.3) is 5.91 Å². The largest absolute Gasteiger partial charge is 0.493 e. The number of fused-ring (bicyclic) bond motifs is 1. The summed E-state index contributed by atoms with van der Waals surface area (Å²) in [7, 11) is 3.19. The topological polar surface area (TPSA) is 76.9 Å². The highest BCUT2D eigenvalue weighted by molar-refractivity contribution is 7.12. The quantitative estimate of drug-likeness (QED) is 0.446. The molecular weight excluding hydrogens is 424 g/mol. The molecule has 32 heavy (non-hydrogen) atoms. The average Bonchev–Trinajstić information content (AvgIpc) is 3.53. The Hall–Kier alpha value is -3.78. The molecule has 1 atom stereocenters. The van der Waals surface area contributed by atoms with E-state index in [-0.39, 0.29) is 11.9 Å². The smallest absolute Gasteiger partial charge is 0.284 e. The Bertz CT molecular complexity index is 1320. The third-order valence-electron chi connectivity index (χ3n) is 5.38. The number of methoxy groups -OCH3 is 2. The molecule has 0 aliphatic carbocycles. The standard InChI is InChI=1S/C24H20N4O3S/c1-30-21-10-9-15(12-22(21)31-2)18-13-20(28(27-18)24(29)23-8-5-11-32-23)19-14-25-16-6-3-4-7-17(16)26-19/h3-12,14,20H,13H2,1-2H3/t20-/m1/s1. The molecule has 0 fully saturated rings. The number of carbonyl (C=O) groups excluding carboxylic acids is 1. The number of carbonyl (C=O) groups is 1. The predicted molar refractivity (Wildman–Crippen MR) is 123 cm³/mol. The van der Waals surface area contributed by atoms with Crippen molar-refractivity contribution in [3.05, 3.63) is 82.3 Å². The monoisotopic (exact) mass is 444 g/mol. The summed E-state index contributed by atoms with van der Waals surface area (Å²) in [6.07, 6.45) is 2.24. The van der Waals surface area contributed by atoms with E-state index in [1.165, 1.54) is 16.3 Å². The van der Waals surface area contributed by atoms with E-state index in [2.05, 4.69) is 4.98 Å². The average molecular weight is 445 g/mol. The van der Waals surface area contributed by atoms with Crippen molar-refractivity contribution in [3.8, 4) is 11.5 Å². The first kappa shape index (κ1) is 20.1. The number of hydrogen-bond acceptors (Lipinski definition) is 7. The van der Waals surface area contributed by atoms with Crippen molar-refractivity contribution in [1.29, 1.82) is 0 Å². The van der Waals surface area contributed by atoms with Crippen molar-refractivity contribution >= 4 is 34.0 Å². The number of benzene rings is 2. The molecular formula is C24H20N4O3S. The van der Waals surface area contributed by atoms with Gasteiger partial charge in [-0.1, -0.05) is 18.2 Å². The van der Waals surface area contributed by atoms with E-state index in [0.717, 1.165) is 22.3 Å². The highest BCUT2D eigenvalue weighted by Crippen LogP contribution is 2.36. The van der Waals surface area contributed by atoms with Gasteiger partial charge in [0.05, 0.1) is 47.7 Å². The summed E-state index contributed by atoms with van der Waals surface area (Å²) < 4.78 is 10.8. The van der Waals surface area contributed by atoms with E-state index < -0.39 is 0 Å². The molecule has 7 nitrogen and oxygen atoms in total. The van der Waals surface area contributed by atoms with Gasteiger partial charge < -0.3 is 9.47 Å². The number of hydrogen-bond donors (Lipinski definition) is 0. The van der Waals surface area contributed by atoms with Crippen LogP contribution >= 0.6 is 11.3 Å². The molecule has 1 aliphatic rings. The van der Waals surface area contributed by atoms with E-state index in [9.17, 15) is 4.79 Å². The van der Waals surface area contributed by atoms with Gasteiger partial charge in [-0.05, 0) is 41.8 Å². The van der Waals surface area contributed by atoms with Gasteiger partial charge in [-0.25, -0.2) is 9.99 Å². The van der Waals surface area contributed by atoms with Crippen LogP contribution in [-0.4, -0.2) is 40.8 Å². The molecule has 0 radical (unpaired) electrons. The molecule has 0 saturated heterocycles. The summed E-state index contributed by atoms with van der Waals surface area (Å²) >= 11 is 1.39. The lowest BCUT2D eigenvalue weighted by atomic mass is 10.0. The molecule has 2 aromatic carbocycles.